The summed E-state index contributed by atoms with van der Waals surface area (Å²) in [5.41, 5.74) is 1.73. The van der Waals surface area contributed by atoms with Gasteiger partial charge in [0, 0.05) is 24.3 Å². The number of hydrogen-bond donors (Lipinski definition) is 3. The largest absolute Gasteiger partial charge is 0.391 e. The van der Waals surface area contributed by atoms with Crippen LogP contribution in [0.3, 0.4) is 0 Å². The van der Waals surface area contributed by atoms with Crippen LogP contribution in [0.25, 0.3) is 11.0 Å². The molecule has 1 amide bonds. The second-order valence-electron chi connectivity index (χ2n) is 5.81. The molecule has 1 aliphatic carbocycles. The molecule has 5 heteroatoms. The topological polar surface area (TPSA) is 78.0 Å². The monoisotopic (exact) mass is 287 g/mol. The van der Waals surface area contributed by atoms with Crippen molar-refractivity contribution in [3.8, 4) is 0 Å². The van der Waals surface area contributed by atoms with Crippen LogP contribution < -0.4 is 5.32 Å². The highest BCUT2D eigenvalue weighted by molar-refractivity contribution is 5.87. The SMILES string of the molecule is O=C(Cc1c[nH]c2ncccc12)NCC(O)C1CCCC1. The first-order valence-corrected chi connectivity index (χ1v) is 7.60. The van der Waals surface area contributed by atoms with E-state index in [2.05, 4.69) is 15.3 Å². The van der Waals surface area contributed by atoms with Crippen LogP contribution in [0.4, 0.5) is 0 Å². The zero-order valence-corrected chi connectivity index (χ0v) is 12.0. The summed E-state index contributed by atoms with van der Waals surface area (Å²) in [7, 11) is 0. The quantitative estimate of drug-likeness (QED) is 0.784. The van der Waals surface area contributed by atoms with E-state index in [9.17, 15) is 9.90 Å². The Morgan fingerprint density at radius 2 is 2.29 bits per heavy atom. The van der Waals surface area contributed by atoms with Gasteiger partial charge in [0.2, 0.25) is 5.91 Å². The number of rotatable bonds is 5. The van der Waals surface area contributed by atoms with Crippen LogP contribution >= 0.6 is 0 Å². The predicted molar refractivity (Wildman–Crippen MR) is 80.8 cm³/mol. The van der Waals surface area contributed by atoms with Crippen molar-refractivity contribution in [2.24, 2.45) is 5.92 Å². The molecule has 1 saturated carbocycles. The number of aliphatic hydroxyl groups is 1. The summed E-state index contributed by atoms with van der Waals surface area (Å²) in [6, 6.07) is 3.82. The molecule has 0 bridgehead atoms. The van der Waals surface area contributed by atoms with Crippen LogP contribution in [-0.4, -0.2) is 33.6 Å². The molecule has 112 valence electrons. The van der Waals surface area contributed by atoms with E-state index in [0.717, 1.165) is 29.4 Å². The second-order valence-corrected chi connectivity index (χ2v) is 5.81. The zero-order valence-electron chi connectivity index (χ0n) is 12.0. The smallest absolute Gasteiger partial charge is 0.224 e. The number of H-pyrrole nitrogens is 1. The van der Waals surface area contributed by atoms with E-state index in [1.165, 1.54) is 12.8 Å². The van der Waals surface area contributed by atoms with E-state index in [1.54, 1.807) is 6.20 Å². The number of aromatic nitrogens is 2. The molecule has 21 heavy (non-hydrogen) atoms. The van der Waals surface area contributed by atoms with Gasteiger partial charge in [-0.05, 0) is 36.5 Å². The van der Waals surface area contributed by atoms with Crippen molar-refractivity contribution in [1.82, 2.24) is 15.3 Å². The molecular formula is C16H21N3O2. The number of aromatic amines is 1. The molecule has 3 N–H and O–H groups in total. The van der Waals surface area contributed by atoms with Crippen LogP contribution in [-0.2, 0) is 11.2 Å². The van der Waals surface area contributed by atoms with Crippen LogP contribution in [0.1, 0.15) is 31.2 Å². The summed E-state index contributed by atoms with van der Waals surface area (Å²) in [4.78, 5) is 19.3. The van der Waals surface area contributed by atoms with Gasteiger partial charge in [0.1, 0.15) is 5.65 Å². The molecule has 0 aliphatic heterocycles. The van der Waals surface area contributed by atoms with Crippen LogP contribution in [0.5, 0.6) is 0 Å². The molecule has 1 fully saturated rings. The van der Waals surface area contributed by atoms with E-state index in [0.29, 0.717) is 18.9 Å². The third kappa shape index (κ3) is 3.24. The first-order valence-electron chi connectivity index (χ1n) is 7.60. The Kier molecular flexibility index (Phi) is 4.20. The van der Waals surface area contributed by atoms with Crippen LogP contribution in [0.2, 0.25) is 0 Å². The van der Waals surface area contributed by atoms with Crippen molar-refractivity contribution in [2.75, 3.05) is 6.54 Å². The van der Waals surface area contributed by atoms with Crippen molar-refractivity contribution in [1.29, 1.82) is 0 Å². The van der Waals surface area contributed by atoms with Gasteiger partial charge in [0.15, 0.2) is 0 Å². The number of aliphatic hydroxyl groups excluding tert-OH is 1. The predicted octanol–water partition coefficient (Wildman–Crippen LogP) is 1.77. The van der Waals surface area contributed by atoms with Crippen molar-refractivity contribution < 1.29 is 9.90 Å². The van der Waals surface area contributed by atoms with E-state index in [-0.39, 0.29) is 5.91 Å². The van der Waals surface area contributed by atoms with E-state index < -0.39 is 6.10 Å². The number of pyridine rings is 1. The highest BCUT2D eigenvalue weighted by Gasteiger charge is 2.23. The van der Waals surface area contributed by atoms with Gasteiger partial charge in [-0.1, -0.05) is 12.8 Å². The Morgan fingerprint density at radius 1 is 1.48 bits per heavy atom. The lowest BCUT2D eigenvalue weighted by Crippen LogP contribution is -2.36. The van der Waals surface area contributed by atoms with Gasteiger partial charge in [0.25, 0.3) is 0 Å². The number of hydrogen-bond acceptors (Lipinski definition) is 3. The zero-order chi connectivity index (χ0) is 14.7. The lowest BCUT2D eigenvalue weighted by Gasteiger charge is -2.17. The molecule has 5 nitrogen and oxygen atoms in total. The molecule has 2 aromatic heterocycles. The summed E-state index contributed by atoms with van der Waals surface area (Å²) >= 11 is 0. The van der Waals surface area contributed by atoms with Gasteiger partial charge in [-0.3, -0.25) is 4.79 Å². The van der Waals surface area contributed by atoms with Crippen LogP contribution in [0, 0.1) is 5.92 Å². The first kappa shape index (κ1) is 14.1. The Morgan fingerprint density at radius 3 is 3.10 bits per heavy atom. The number of fused-ring (bicyclic) bond motifs is 1. The molecule has 2 aromatic rings. The highest BCUT2D eigenvalue weighted by atomic mass is 16.3. The Bertz CT molecular complexity index is 617. The maximum absolute atomic E-state index is 12.0. The molecular weight excluding hydrogens is 266 g/mol. The average molecular weight is 287 g/mol. The molecule has 0 spiro atoms. The summed E-state index contributed by atoms with van der Waals surface area (Å²) in [6.45, 7) is 0.351. The summed E-state index contributed by atoms with van der Waals surface area (Å²) in [5.74, 6) is 0.291. The van der Waals surface area contributed by atoms with Gasteiger partial charge in [-0.2, -0.15) is 0 Å². The van der Waals surface area contributed by atoms with Crippen molar-refractivity contribution >= 4 is 16.9 Å². The van der Waals surface area contributed by atoms with Crippen molar-refractivity contribution in [3.63, 3.8) is 0 Å². The molecule has 1 atom stereocenters. The number of carbonyl (C=O) groups is 1. The standard InChI is InChI=1S/C16H21N3O2/c20-14(11-4-1-2-5-11)10-18-15(21)8-12-9-19-16-13(12)6-3-7-17-16/h3,6-7,9,11,14,20H,1-2,4-5,8,10H2,(H,17,19)(H,18,21). The number of carbonyl (C=O) groups excluding carboxylic acids is 1. The molecule has 0 saturated heterocycles. The lowest BCUT2D eigenvalue weighted by molar-refractivity contribution is -0.121. The van der Waals surface area contributed by atoms with E-state index in [1.807, 2.05) is 18.3 Å². The molecule has 1 aliphatic rings. The minimum atomic E-state index is -0.416. The van der Waals surface area contributed by atoms with Crippen LogP contribution in [0.15, 0.2) is 24.5 Å². The highest BCUT2D eigenvalue weighted by Crippen LogP contribution is 2.27. The van der Waals surface area contributed by atoms with Gasteiger partial charge >= 0.3 is 0 Å². The summed E-state index contributed by atoms with van der Waals surface area (Å²) in [6.07, 6.45) is 7.97. The molecule has 0 radical (unpaired) electrons. The van der Waals surface area contributed by atoms with E-state index in [4.69, 9.17) is 0 Å². The first-order chi connectivity index (χ1) is 10.2. The molecule has 1 unspecified atom stereocenters. The minimum absolute atomic E-state index is 0.0585. The van der Waals surface area contributed by atoms with Gasteiger partial charge in [0.05, 0.1) is 12.5 Å². The summed E-state index contributed by atoms with van der Waals surface area (Å²) in [5, 5.41) is 13.9. The minimum Gasteiger partial charge on any atom is -0.391 e. The molecule has 0 aromatic carbocycles. The second kappa shape index (κ2) is 6.26. The van der Waals surface area contributed by atoms with Crippen molar-refractivity contribution in [3.05, 3.63) is 30.1 Å². The Hall–Kier alpha value is -1.88. The molecule has 2 heterocycles. The third-order valence-electron chi connectivity index (χ3n) is 4.34. The van der Waals surface area contributed by atoms with Gasteiger partial charge in [-0.25, -0.2) is 4.98 Å². The fourth-order valence-corrected chi connectivity index (χ4v) is 3.12. The average Bonchev–Trinajstić information content (AvgIpc) is 3.15. The lowest BCUT2D eigenvalue weighted by atomic mass is 10.0. The maximum atomic E-state index is 12.0. The summed E-state index contributed by atoms with van der Waals surface area (Å²) < 4.78 is 0. The number of amides is 1. The van der Waals surface area contributed by atoms with E-state index >= 15 is 0 Å². The maximum Gasteiger partial charge on any atom is 0.224 e. The fraction of sp³-hybridized carbons (Fsp3) is 0.500. The van der Waals surface area contributed by atoms with Gasteiger partial charge < -0.3 is 15.4 Å². The number of nitrogens with zero attached hydrogens (tertiary/aromatic N) is 1. The fourth-order valence-electron chi connectivity index (χ4n) is 3.12. The normalized spacial score (nSPS) is 17.2. The molecule has 3 rings (SSSR count). The Balaban J connectivity index is 1.54. The number of nitrogens with one attached hydrogen (secondary N) is 2. The Labute approximate surface area is 123 Å². The van der Waals surface area contributed by atoms with Gasteiger partial charge in [-0.15, -0.1) is 0 Å². The van der Waals surface area contributed by atoms with Crippen molar-refractivity contribution in [2.45, 2.75) is 38.2 Å². The third-order valence-corrected chi connectivity index (χ3v) is 4.34.